The van der Waals surface area contributed by atoms with Gasteiger partial charge < -0.3 is 14.4 Å². The topological polar surface area (TPSA) is 87.8 Å². The van der Waals surface area contributed by atoms with Gasteiger partial charge in [0, 0.05) is 31.0 Å². The fourth-order valence-electron chi connectivity index (χ4n) is 2.79. The maximum atomic E-state index is 12.7. The van der Waals surface area contributed by atoms with Crippen LogP contribution >= 0.6 is 0 Å². The fraction of sp³-hybridized carbons (Fsp3) is 0.562. The van der Waals surface area contributed by atoms with Crippen molar-refractivity contribution in [3.8, 4) is 0 Å². The van der Waals surface area contributed by atoms with Crippen LogP contribution in [0.15, 0.2) is 4.42 Å². The van der Waals surface area contributed by atoms with Crippen LogP contribution in [0.2, 0.25) is 0 Å². The molecule has 6 nitrogen and oxygen atoms in total. The second-order valence-electron chi connectivity index (χ2n) is 5.87. The number of rotatable bonds is 5. The molecule has 0 saturated carbocycles. The zero-order valence-corrected chi connectivity index (χ0v) is 13.1. The summed E-state index contributed by atoms with van der Waals surface area (Å²) in [5, 5.41) is 8.81. The van der Waals surface area contributed by atoms with Crippen LogP contribution in [0.5, 0.6) is 0 Å². The number of amides is 1. The van der Waals surface area contributed by atoms with Crippen molar-refractivity contribution >= 4 is 17.7 Å². The van der Waals surface area contributed by atoms with E-state index in [4.69, 9.17) is 9.52 Å². The molecule has 1 N–H and O–H groups in total. The van der Waals surface area contributed by atoms with Crippen molar-refractivity contribution in [3.63, 3.8) is 0 Å². The summed E-state index contributed by atoms with van der Waals surface area (Å²) in [6.07, 6.45) is 1.75. The first kappa shape index (κ1) is 16.3. The van der Waals surface area contributed by atoms with Crippen LogP contribution in [0.4, 0.5) is 0 Å². The quantitative estimate of drug-likeness (QED) is 0.902. The number of hydrogen-bond acceptors (Lipinski definition) is 4. The molecule has 1 heterocycles. The minimum atomic E-state index is -0.955. The van der Waals surface area contributed by atoms with Crippen LogP contribution in [0, 0.1) is 6.92 Å². The summed E-state index contributed by atoms with van der Waals surface area (Å²) in [7, 11) is 0. The van der Waals surface area contributed by atoms with Gasteiger partial charge in [-0.25, -0.2) is 0 Å². The molecule has 2 rings (SSSR count). The van der Waals surface area contributed by atoms with Gasteiger partial charge in [0.1, 0.15) is 5.76 Å². The summed E-state index contributed by atoms with van der Waals surface area (Å²) in [5.74, 6) is -0.540. The van der Waals surface area contributed by atoms with Crippen molar-refractivity contribution in [2.24, 2.45) is 0 Å². The van der Waals surface area contributed by atoms with E-state index < -0.39 is 5.97 Å². The molecular weight excluding hydrogens is 286 g/mol. The number of ketones is 1. The van der Waals surface area contributed by atoms with Gasteiger partial charge in [0.05, 0.1) is 12.0 Å². The van der Waals surface area contributed by atoms with E-state index >= 15 is 0 Å². The van der Waals surface area contributed by atoms with Gasteiger partial charge in [-0.05, 0) is 27.2 Å². The summed E-state index contributed by atoms with van der Waals surface area (Å²) in [4.78, 5) is 36.9. The molecule has 1 aliphatic carbocycles. The number of aliphatic carboxylic acids is 1. The molecule has 6 heteroatoms. The molecule has 0 aromatic carbocycles. The average molecular weight is 307 g/mol. The molecular formula is C16H21NO5. The maximum Gasteiger partial charge on any atom is 0.305 e. The molecule has 1 aromatic rings. The highest BCUT2D eigenvalue weighted by atomic mass is 16.4. The summed E-state index contributed by atoms with van der Waals surface area (Å²) in [5.41, 5.74) is 1.11. The Labute approximate surface area is 129 Å². The zero-order chi connectivity index (χ0) is 16.4. The smallest absolute Gasteiger partial charge is 0.305 e. The Morgan fingerprint density at radius 3 is 2.55 bits per heavy atom. The number of carbonyl (C=O) groups is 3. The minimum Gasteiger partial charge on any atom is -0.481 e. The van der Waals surface area contributed by atoms with Gasteiger partial charge in [-0.1, -0.05) is 0 Å². The highest BCUT2D eigenvalue weighted by Gasteiger charge is 2.31. The van der Waals surface area contributed by atoms with Gasteiger partial charge in [-0.2, -0.15) is 0 Å². The molecule has 0 fully saturated rings. The van der Waals surface area contributed by atoms with Crippen LogP contribution in [-0.4, -0.2) is 40.3 Å². The third-order valence-corrected chi connectivity index (χ3v) is 3.95. The summed E-state index contributed by atoms with van der Waals surface area (Å²) in [6.45, 7) is 5.48. The number of aryl methyl sites for hydroxylation is 1. The maximum absolute atomic E-state index is 12.7. The number of furan rings is 1. The molecule has 1 aromatic heterocycles. The van der Waals surface area contributed by atoms with Crippen LogP contribution in [-0.2, 0) is 11.2 Å². The molecule has 0 bridgehead atoms. The Morgan fingerprint density at radius 2 is 2.00 bits per heavy atom. The van der Waals surface area contributed by atoms with Gasteiger partial charge in [0.25, 0.3) is 5.91 Å². The first-order chi connectivity index (χ1) is 10.3. The number of carbonyl (C=O) groups excluding carboxylic acids is 2. The Balaban J connectivity index is 2.31. The van der Waals surface area contributed by atoms with E-state index in [9.17, 15) is 14.4 Å². The Hall–Kier alpha value is -2.11. The second-order valence-corrected chi connectivity index (χ2v) is 5.87. The van der Waals surface area contributed by atoms with Gasteiger partial charge in [-0.15, -0.1) is 0 Å². The monoisotopic (exact) mass is 307 g/mol. The first-order valence-corrected chi connectivity index (χ1v) is 7.51. The molecule has 22 heavy (non-hydrogen) atoms. The molecule has 0 radical (unpaired) electrons. The van der Waals surface area contributed by atoms with Crippen LogP contribution in [0.1, 0.15) is 65.3 Å². The van der Waals surface area contributed by atoms with Gasteiger partial charge in [-0.3, -0.25) is 14.4 Å². The molecule has 0 aliphatic heterocycles. The molecule has 1 aliphatic rings. The molecule has 0 saturated heterocycles. The Bertz CT molecular complexity index is 614. The van der Waals surface area contributed by atoms with E-state index in [-0.39, 0.29) is 36.5 Å². The lowest BCUT2D eigenvalue weighted by atomic mass is 9.94. The first-order valence-electron chi connectivity index (χ1n) is 7.51. The van der Waals surface area contributed by atoms with Crippen molar-refractivity contribution in [2.45, 2.75) is 52.5 Å². The van der Waals surface area contributed by atoms with Gasteiger partial charge in [0.2, 0.25) is 0 Å². The predicted octanol–water partition coefficient (Wildman–Crippen LogP) is 2.43. The van der Waals surface area contributed by atoms with Crippen molar-refractivity contribution in [1.29, 1.82) is 0 Å². The van der Waals surface area contributed by atoms with E-state index in [0.29, 0.717) is 29.7 Å². The van der Waals surface area contributed by atoms with E-state index in [1.54, 1.807) is 6.92 Å². The predicted molar refractivity (Wildman–Crippen MR) is 79.1 cm³/mol. The molecule has 120 valence electrons. The Kier molecular flexibility index (Phi) is 4.68. The molecule has 0 unspecified atom stereocenters. The lowest BCUT2D eigenvalue weighted by Gasteiger charge is -2.25. The highest BCUT2D eigenvalue weighted by Crippen LogP contribution is 2.30. The zero-order valence-electron chi connectivity index (χ0n) is 13.1. The number of carboxylic acid groups (broad SMARTS) is 1. The van der Waals surface area contributed by atoms with Gasteiger partial charge in [0.15, 0.2) is 11.5 Å². The lowest BCUT2D eigenvalue weighted by molar-refractivity contribution is -0.137. The van der Waals surface area contributed by atoms with Crippen LogP contribution in [0.3, 0.4) is 0 Å². The van der Waals surface area contributed by atoms with Crippen molar-refractivity contribution < 1.29 is 23.9 Å². The molecule has 0 atom stereocenters. The molecule has 0 spiro atoms. The number of Topliss-reactive ketones (excluding diaryl/α,β-unsaturated/α-hetero) is 1. The summed E-state index contributed by atoms with van der Waals surface area (Å²) in [6, 6.07) is -0.149. The SMILES string of the molecule is Cc1c(C(=O)N(CCC(=O)O)C(C)C)oc2c1C(=O)CCC2. The number of hydrogen-bond donors (Lipinski definition) is 1. The second kappa shape index (κ2) is 6.34. The summed E-state index contributed by atoms with van der Waals surface area (Å²) >= 11 is 0. The number of nitrogens with zero attached hydrogens (tertiary/aromatic N) is 1. The fourth-order valence-corrected chi connectivity index (χ4v) is 2.79. The van der Waals surface area contributed by atoms with Crippen molar-refractivity contribution in [1.82, 2.24) is 4.90 Å². The van der Waals surface area contributed by atoms with E-state index in [1.165, 1.54) is 4.90 Å². The highest BCUT2D eigenvalue weighted by molar-refractivity contribution is 6.03. The number of fused-ring (bicyclic) bond motifs is 1. The number of carboxylic acids is 1. The summed E-state index contributed by atoms with van der Waals surface area (Å²) < 4.78 is 5.65. The Morgan fingerprint density at radius 1 is 1.32 bits per heavy atom. The average Bonchev–Trinajstić information content (AvgIpc) is 2.76. The third kappa shape index (κ3) is 3.05. The van der Waals surface area contributed by atoms with Crippen LogP contribution < -0.4 is 0 Å². The normalized spacial score (nSPS) is 14.1. The standard InChI is InChI=1S/C16H21NO5/c1-9(2)17(8-7-13(19)20)16(21)15-10(3)14-11(18)5-4-6-12(14)22-15/h9H,4-8H2,1-3H3,(H,19,20). The molecule has 1 amide bonds. The van der Waals surface area contributed by atoms with E-state index in [1.807, 2.05) is 13.8 Å². The van der Waals surface area contributed by atoms with Crippen molar-refractivity contribution in [3.05, 3.63) is 22.6 Å². The minimum absolute atomic E-state index is 0.0168. The van der Waals surface area contributed by atoms with Crippen LogP contribution in [0.25, 0.3) is 0 Å². The largest absolute Gasteiger partial charge is 0.481 e. The van der Waals surface area contributed by atoms with Crippen molar-refractivity contribution in [2.75, 3.05) is 6.54 Å². The van der Waals surface area contributed by atoms with Gasteiger partial charge >= 0.3 is 5.97 Å². The lowest BCUT2D eigenvalue weighted by Crippen LogP contribution is -2.38. The van der Waals surface area contributed by atoms with E-state index in [0.717, 1.165) is 6.42 Å². The third-order valence-electron chi connectivity index (χ3n) is 3.95. The van der Waals surface area contributed by atoms with E-state index in [2.05, 4.69) is 0 Å².